The van der Waals surface area contributed by atoms with Crippen molar-refractivity contribution in [1.29, 1.82) is 0 Å². The Morgan fingerprint density at radius 2 is 1.69 bits per heavy atom. The molecule has 0 radical (unpaired) electrons. The number of carbonyl (C=O) groups excluding carboxylic acids is 2. The van der Waals surface area contributed by atoms with Crippen LogP contribution in [0.25, 0.3) is 21.7 Å². The van der Waals surface area contributed by atoms with Crippen LogP contribution in [0.5, 0.6) is 0 Å². The molecule has 1 aromatic heterocycles. The van der Waals surface area contributed by atoms with Crippen molar-refractivity contribution in [2.24, 2.45) is 5.73 Å². The van der Waals surface area contributed by atoms with E-state index in [1.807, 2.05) is 48.5 Å². The Bertz CT molecular complexity index is 963. The van der Waals surface area contributed by atoms with Crippen molar-refractivity contribution >= 4 is 34.7 Å². The van der Waals surface area contributed by atoms with Gasteiger partial charge < -0.3 is 10.5 Å². The summed E-state index contributed by atoms with van der Waals surface area (Å²) in [6.07, 6.45) is 0. The number of rotatable bonds is 2. The maximum absolute atomic E-state index is 12.2. The molecule has 0 fully saturated rings. The summed E-state index contributed by atoms with van der Waals surface area (Å²) in [6.45, 7) is 2.04. The van der Waals surface area contributed by atoms with Crippen molar-refractivity contribution < 1.29 is 14.3 Å². The number of esters is 1. The number of primary amides is 1. The third kappa shape index (κ3) is 2.44. The lowest BCUT2D eigenvalue weighted by Gasteiger charge is -2.22. The molecule has 2 N–H and O–H groups in total. The van der Waals surface area contributed by atoms with E-state index < -0.39 is 12.0 Å². The first-order valence-corrected chi connectivity index (χ1v) is 8.89. The maximum atomic E-state index is 12.2. The Morgan fingerprint density at radius 1 is 1.08 bits per heavy atom. The number of aromatic nitrogens is 1. The molecular formula is C19H15N3O3S. The van der Waals surface area contributed by atoms with E-state index in [1.165, 1.54) is 16.2 Å². The molecule has 4 rings (SSSR count). The standard InChI is InChI=1S/C19H15N3O3S/c1-2-25-18(23)17-21-15-11-7-3-5-9-13(11)22(19(20)24)14-10-6-4-8-12(14)16(15)26-17/h3-10H,2H2,1H3,(H2,20,24). The van der Waals surface area contributed by atoms with Gasteiger partial charge in [0, 0.05) is 11.1 Å². The van der Waals surface area contributed by atoms with Crippen molar-refractivity contribution in [3.8, 4) is 21.7 Å². The zero-order valence-corrected chi connectivity index (χ0v) is 14.7. The first-order chi connectivity index (χ1) is 12.6. The second-order valence-electron chi connectivity index (χ2n) is 5.63. The molecule has 26 heavy (non-hydrogen) atoms. The van der Waals surface area contributed by atoms with Gasteiger partial charge in [0.05, 0.1) is 28.6 Å². The van der Waals surface area contributed by atoms with E-state index in [2.05, 4.69) is 4.98 Å². The van der Waals surface area contributed by atoms with Gasteiger partial charge in [0.2, 0.25) is 5.01 Å². The Morgan fingerprint density at radius 3 is 2.35 bits per heavy atom. The molecule has 130 valence electrons. The van der Waals surface area contributed by atoms with Crippen LogP contribution in [0.3, 0.4) is 0 Å². The van der Waals surface area contributed by atoms with Crippen LogP contribution in [0.1, 0.15) is 16.7 Å². The fraction of sp³-hybridized carbons (Fsp3) is 0.105. The molecular weight excluding hydrogens is 350 g/mol. The average molecular weight is 365 g/mol. The topological polar surface area (TPSA) is 85.5 Å². The fourth-order valence-electron chi connectivity index (χ4n) is 3.06. The molecule has 2 amide bonds. The zero-order chi connectivity index (χ0) is 18.3. The first-order valence-electron chi connectivity index (χ1n) is 8.08. The number of benzene rings is 2. The van der Waals surface area contributed by atoms with Gasteiger partial charge in [-0.05, 0) is 19.1 Å². The number of nitrogens with two attached hydrogens (primary N) is 1. The summed E-state index contributed by atoms with van der Waals surface area (Å²) in [7, 11) is 0. The third-order valence-electron chi connectivity index (χ3n) is 4.09. The number of urea groups is 1. The van der Waals surface area contributed by atoms with Crippen molar-refractivity contribution in [1.82, 2.24) is 4.98 Å². The fourth-order valence-corrected chi connectivity index (χ4v) is 4.07. The van der Waals surface area contributed by atoms with Gasteiger partial charge in [-0.25, -0.2) is 14.6 Å². The lowest BCUT2D eigenvalue weighted by molar-refractivity contribution is 0.0526. The number of hydrogen-bond acceptors (Lipinski definition) is 5. The van der Waals surface area contributed by atoms with E-state index >= 15 is 0 Å². The molecule has 3 aromatic rings. The highest BCUT2D eigenvalue weighted by molar-refractivity contribution is 7.17. The minimum Gasteiger partial charge on any atom is -0.461 e. The second kappa shape index (κ2) is 6.27. The van der Waals surface area contributed by atoms with Crippen molar-refractivity contribution in [2.45, 2.75) is 6.92 Å². The molecule has 0 bridgehead atoms. The molecule has 0 saturated carbocycles. The SMILES string of the molecule is CCOC(=O)c1nc2c(s1)-c1ccccc1N(C(N)=O)c1ccccc1-2. The highest BCUT2D eigenvalue weighted by Crippen LogP contribution is 2.49. The van der Waals surface area contributed by atoms with E-state index in [-0.39, 0.29) is 11.6 Å². The Hall–Kier alpha value is -3.19. The van der Waals surface area contributed by atoms with E-state index in [0.29, 0.717) is 17.1 Å². The highest BCUT2D eigenvalue weighted by atomic mass is 32.1. The smallest absolute Gasteiger partial charge is 0.367 e. The molecule has 0 saturated heterocycles. The molecule has 1 aliphatic heterocycles. The summed E-state index contributed by atoms with van der Waals surface area (Å²) in [5.74, 6) is -0.452. The van der Waals surface area contributed by atoms with Crippen molar-refractivity contribution in [3.05, 3.63) is 53.5 Å². The molecule has 0 aliphatic carbocycles. The number of nitrogens with zero attached hydrogens (tertiary/aromatic N) is 2. The monoisotopic (exact) mass is 365 g/mol. The molecule has 0 unspecified atom stereocenters. The van der Waals surface area contributed by atoms with Gasteiger partial charge in [0.15, 0.2) is 0 Å². The molecule has 0 atom stereocenters. The number of para-hydroxylation sites is 2. The second-order valence-corrected chi connectivity index (χ2v) is 6.62. The minimum absolute atomic E-state index is 0.283. The molecule has 2 heterocycles. The number of anilines is 2. The van der Waals surface area contributed by atoms with Gasteiger partial charge >= 0.3 is 12.0 Å². The van der Waals surface area contributed by atoms with Gasteiger partial charge in [0.1, 0.15) is 0 Å². The summed E-state index contributed by atoms with van der Waals surface area (Å²) < 4.78 is 5.10. The van der Waals surface area contributed by atoms with Gasteiger partial charge in [-0.3, -0.25) is 4.90 Å². The quantitative estimate of drug-likeness (QED) is 0.690. The third-order valence-corrected chi connectivity index (χ3v) is 5.16. The van der Waals surface area contributed by atoms with Crippen LogP contribution in [-0.2, 0) is 4.74 Å². The Labute approximate surface area is 153 Å². The number of fused-ring (bicyclic) bond motifs is 5. The van der Waals surface area contributed by atoms with E-state index in [0.717, 1.165) is 16.0 Å². The van der Waals surface area contributed by atoms with Crippen LogP contribution in [0.15, 0.2) is 48.5 Å². The normalized spacial score (nSPS) is 11.8. The summed E-state index contributed by atoms with van der Waals surface area (Å²) in [5.41, 5.74) is 9.15. The average Bonchev–Trinajstić information content (AvgIpc) is 3.04. The maximum Gasteiger partial charge on any atom is 0.367 e. The molecule has 1 aliphatic rings. The van der Waals surface area contributed by atoms with Gasteiger partial charge in [0.25, 0.3) is 0 Å². The van der Waals surface area contributed by atoms with Gasteiger partial charge in [-0.15, -0.1) is 11.3 Å². The largest absolute Gasteiger partial charge is 0.461 e. The molecule has 7 heteroatoms. The summed E-state index contributed by atoms with van der Waals surface area (Å²) >= 11 is 1.25. The molecule has 2 aromatic carbocycles. The van der Waals surface area contributed by atoms with E-state index in [4.69, 9.17) is 10.5 Å². The summed E-state index contributed by atoms with van der Waals surface area (Å²) in [6, 6.07) is 14.2. The zero-order valence-electron chi connectivity index (χ0n) is 13.9. The molecule has 0 spiro atoms. The Kier molecular flexibility index (Phi) is 3.93. The number of ether oxygens (including phenoxy) is 1. The van der Waals surface area contributed by atoms with Crippen LogP contribution in [0, 0.1) is 0 Å². The van der Waals surface area contributed by atoms with Crippen LogP contribution < -0.4 is 10.6 Å². The minimum atomic E-state index is -0.578. The van der Waals surface area contributed by atoms with E-state index in [9.17, 15) is 9.59 Å². The van der Waals surface area contributed by atoms with Gasteiger partial charge in [-0.2, -0.15) is 0 Å². The molecule has 6 nitrogen and oxygen atoms in total. The van der Waals surface area contributed by atoms with Crippen LogP contribution in [0.2, 0.25) is 0 Å². The highest BCUT2D eigenvalue weighted by Gasteiger charge is 2.31. The van der Waals surface area contributed by atoms with Crippen molar-refractivity contribution in [3.63, 3.8) is 0 Å². The van der Waals surface area contributed by atoms with E-state index in [1.54, 1.807) is 6.92 Å². The number of hydrogen-bond donors (Lipinski definition) is 1. The van der Waals surface area contributed by atoms with Crippen LogP contribution in [-0.4, -0.2) is 23.6 Å². The summed E-state index contributed by atoms with van der Waals surface area (Å²) in [5, 5.41) is 0.286. The van der Waals surface area contributed by atoms with Crippen molar-refractivity contribution in [2.75, 3.05) is 11.5 Å². The van der Waals surface area contributed by atoms with Crippen LogP contribution >= 0.6 is 11.3 Å². The first kappa shape index (κ1) is 16.3. The lowest BCUT2D eigenvalue weighted by atomic mass is 10.1. The number of amides is 2. The number of thiazole rings is 1. The van der Waals surface area contributed by atoms with Gasteiger partial charge in [-0.1, -0.05) is 36.4 Å². The van der Waals surface area contributed by atoms with Crippen LogP contribution in [0.4, 0.5) is 16.2 Å². The summed E-state index contributed by atoms with van der Waals surface area (Å²) in [4.78, 5) is 31.2. The number of carbonyl (C=O) groups is 2. The lowest BCUT2D eigenvalue weighted by Crippen LogP contribution is -2.31. The Balaban J connectivity index is 2.04. The predicted octanol–water partition coefficient (Wildman–Crippen LogP) is 4.18. The predicted molar refractivity (Wildman–Crippen MR) is 101 cm³/mol.